The molecule has 2 unspecified atom stereocenters. The zero-order valence-corrected chi connectivity index (χ0v) is 18.8. The van der Waals surface area contributed by atoms with Crippen LogP contribution in [0.5, 0.6) is 0 Å². The lowest BCUT2D eigenvalue weighted by molar-refractivity contribution is -0.129. The van der Waals surface area contributed by atoms with Gasteiger partial charge in [-0.2, -0.15) is 0 Å². The molecule has 2 atom stereocenters. The fourth-order valence-corrected chi connectivity index (χ4v) is 4.54. The highest BCUT2D eigenvalue weighted by molar-refractivity contribution is 5.89. The molecular weight excluding hydrogens is 402 g/mol. The monoisotopic (exact) mass is 435 g/mol. The maximum atomic E-state index is 12.7. The predicted octanol–water partition coefficient (Wildman–Crippen LogP) is 2.61. The minimum absolute atomic E-state index is 0.0343. The van der Waals surface area contributed by atoms with Crippen LogP contribution in [-0.4, -0.2) is 60.5 Å². The van der Waals surface area contributed by atoms with Gasteiger partial charge in [0.05, 0.1) is 18.6 Å². The van der Waals surface area contributed by atoms with Crippen LogP contribution < -0.4 is 5.32 Å². The molecule has 4 rings (SSSR count). The molecule has 0 radical (unpaired) electrons. The van der Waals surface area contributed by atoms with E-state index in [2.05, 4.69) is 41.4 Å². The molecule has 2 heterocycles. The topological polar surface area (TPSA) is 61.9 Å². The normalized spacial score (nSPS) is 21.7. The fraction of sp³-hybridized carbons (Fsp3) is 0.462. The highest BCUT2D eigenvalue weighted by Crippen LogP contribution is 2.19. The van der Waals surface area contributed by atoms with E-state index in [0.29, 0.717) is 26.1 Å². The number of carbonyl (C=O) groups excluding carboxylic acids is 2. The molecule has 2 amide bonds. The average molecular weight is 436 g/mol. The van der Waals surface area contributed by atoms with E-state index >= 15 is 0 Å². The number of carbonyl (C=O) groups is 2. The van der Waals surface area contributed by atoms with Crippen LogP contribution >= 0.6 is 0 Å². The predicted molar refractivity (Wildman–Crippen MR) is 124 cm³/mol. The Morgan fingerprint density at radius 2 is 1.84 bits per heavy atom. The third-order valence-electron chi connectivity index (χ3n) is 6.29. The second-order valence-electron chi connectivity index (χ2n) is 8.93. The van der Waals surface area contributed by atoms with Crippen LogP contribution in [0.4, 0.5) is 0 Å². The molecule has 0 spiro atoms. The lowest BCUT2D eigenvalue weighted by Crippen LogP contribution is -2.40. The van der Waals surface area contributed by atoms with Gasteiger partial charge in [-0.25, -0.2) is 0 Å². The summed E-state index contributed by atoms with van der Waals surface area (Å²) in [6.07, 6.45) is 1.39. The molecule has 2 aromatic rings. The van der Waals surface area contributed by atoms with Crippen LogP contribution in [-0.2, 0) is 33.8 Å². The second-order valence-corrected chi connectivity index (χ2v) is 8.93. The lowest BCUT2D eigenvalue weighted by atomic mass is 10.1. The fourth-order valence-electron chi connectivity index (χ4n) is 4.54. The first-order valence-corrected chi connectivity index (χ1v) is 11.6. The third kappa shape index (κ3) is 6.17. The Morgan fingerprint density at radius 3 is 2.66 bits per heavy atom. The first-order chi connectivity index (χ1) is 15.6. The average Bonchev–Trinajstić information content (AvgIpc) is 3.18. The summed E-state index contributed by atoms with van der Waals surface area (Å²) in [5.41, 5.74) is 3.54. The lowest BCUT2D eigenvalue weighted by Gasteiger charge is -2.31. The number of hydrogen-bond donors (Lipinski definition) is 1. The van der Waals surface area contributed by atoms with Crippen molar-refractivity contribution in [3.05, 3.63) is 71.3 Å². The van der Waals surface area contributed by atoms with Gasteiger partial charge < -0.3 is 15.0 Å². The van der Waals surface area contributed by atoms with E-state index in [0.717, 1.165) is 38.2 Å². The van der Waals surface area contributed by atoms with Gasteiger partial charge in [0.25, 0.3) is 0 Å². The Morgan fingerprint density at radius 1 is 1.06 bits per heavy atom. The molecule has 6 heteroatoms. The smallest absolute Gasteiger partial charge is 0.225 e. The third-order valence-corrected chi connectivity index (χ3v) is 6.29. The first-order valence-electron chi connectivity index (χ1n) is 11.6. The van der Waals surface area contributed by atoms with Crippen LogP contribution in [0, 0.1) is 5.92 Å². The van der Waals surface area contributed by atoms with Gasteiger partial charge in [0.15, 0.2) is 0 Å². The number of rotatable bonds is 8. The summed E-state index contributed by atoms with van der Waals surface area (Å²) in [6.45, 7) is 7.32. The minimum Gasteiger partial charge on any atom is -0.376 e. The SMILES string of the molecule is CC1CN(Cc2cccc(CNC(=O)C3CC(=O)N(CCc4ccccc4)C3)c2)CCO1. The van der Waals surface area contributed by atoms with Crippen LogP contribution in [0.2, 0.25) is 0 Å². The molecule has 0 aromatic heterocycles. The Labute approximate surface area is 190 Å². The molecule has 32 heavy (non-hydrogen) atoms. The molecule has 2 saturated heterocycles. The maximum absolute atomic E-state index is 12.7. The second kappa shape index (κ2) is 10.7. The Kier molecular flexibility index (Phi) is 7.55. The van der Waals surface area contributed by atoms with Crippen molar-refractivity contribution >= 4 is 11.8 Å². The van der Waals surface area contributed by atoms with Gasteiger partial charge in [-0.3, -0.25) is 14.5 Å². The number of nitrogens with one attached hydrogen (secondary N) is 1. The molecule has 6 nitrogen and oxygen atoms in total. The number of nitrogens with zero attached hydrogens (tertiary/aromatic N) is 2. The Balaban J connectivity index is 1.24. The summed E-state index contributed by atoms with van der Waals surface area (Å²) in [6, 6.07) is 18.5. The summed E-state index contributed by atoms with van der Waals surface area (Å²) < 4.78 is 5.62. The van der Waals surface area contributed by atoms with Crippen LogP contribution in [0.15, 0.2) is 54.6 Å². The molecule has 2 aromatic carbocycles. The van der Waals surface area contributed by atoms with E-state index in [1.54, 1.807) is 0 Å². The van der Waals surface area contributed by atoms with Gasteiger partial charge in [-0.05, 0) is 30.0 Å². The summed E-state index contributed by atoms with van der Waals surface area (Å²) in [4.78, 5) is 29.3. The summed E-state index contributed by atoms with van der Waals surface area (Å²) >= 11 is 0. The Hall–Kier alpha value is -2.70. The molecular formula is C26H33N3O3. The van der Waals surface area contributed by atoms with Gasteiger partial charge in [-0.15, -0.1) is 0 Å². The molecule has 2 aliphatic rings. The van der Waals surface area contributed by atoms with E-state index in [1.165, 1.54) is 11.1 Å². The van der Waals surface area contributed by atoms with E-state index in [1.807, 2.05) is 35.2 Å². The van der Waals surface area contributed by atoms with Gasteiger partial charge >= 0.3 is 0 Å². The first kappa shape index (κ1) is 22.5. The summed E-state index contributed by atoms with van der Waals surface area (Å²) in [5.74, 6) is -0.230. The molecule has 2 aliphatic heterocycles. The maximum Gasteiger partial charge on any atom is 0.225 e. The zero-order valence-electron chi connectivity index (χ0n) is 18.8. The van der Waals surface area contributed by atoms with Crippen molar-refractivity contribution in [2.24, 2.45) is 5.92 Å². The summed E-state index contributed by atoms with van der Waals surface area (Å²) in [7, 11) is 0. The molecule has 1 N–H and O–H groups in total. The number of likely N-dealkylation sites (tertiary alicyclic amines) is 1. The molecule has 0 bridgehead atoms. The van der Waals surface area contributed by atoms with Crippen molar-refractivity contribution in [1.82, 2.24) is 15.1 Å². The minimum atomic E-state index is -0.267. The standard InChI is InChI=1S/C26H33N3O3/c1-20-17-28(12-13-32-20)18-23-9-5-8-22(14-23)16-27-26(31)24-15-25(30)29(19-24)11-10-21-6-3-2-4-7-21/h2-9,14,20,24H,10-13,15-19H2,1H3,(H,27,31). The van der Waals surface area contributed by atoms with Gasteiger partial charge in [0, 0.05) is 45.7 Å². The molecule has 0 aliphatic carbocycles. The highest BCUT2D eigenvalue weighted by atomic mass is 16.5. The largest absolute Gasteiger partial charge is 0.376 e. The van der Waals surface area contributed by atoms with Crippen LogP contribution in [0.3, 0.4) is 0 Å². The van der Waals surface area contributed by atoms with Crippen molar-refractivity contribution in [1.29, 1.82) is 0 Å². The number of benzene rings is 2. The van der Waals surface area contributed by atoms with E-state index in [4.69, 9.17) is 4.74 Å². The number of hydrogen-bond acceptors (Lipinski definition) is 4. The number of ether oxygens (including phenoxy) is 1. The molecule has 0 saturated carbocycles. The number of amides is 2. The van der Waals surface area contributed by atoms with Crippen molar-refractivity contribution in [2.75, 3.05) is 32.8 Å². The quantitative estimate of drug-likeness (QED) is 0.693. The number of morpholine rings is 1. The molecule has 170 valence electrons. The van der Waals surface area contributed by atoms with Gasteiger partial charge in [0.2, 0.25) is 11.8 Å². The van der Waals surface area contributed by atoms with Gasteiger partial charge in [0.1, 0.15) is 0 Å². The Bertz CT molecular complexity index is 918. The van der Waals surface area contributed by atoms with Crippen molar-refractivity contribution in [3.63, 3.8) is 0 Å². The van der Waals surface area contributed by atoms with Crippen molar-refractivity contribution in [2.45, 2.75) is 39.0 Å². The highest BCUT2D eigenvalue weighted by Gasteiger charge is 2.33. The van der Waals surface area contributed by atoms with Crippen molar-refractivity contribution < 1.29 is 14.3 Å². The summed E-state index contributed by atoms with van der Waals surface area (Å²) in [5, 5.41) is 3.04. The van der Waals surface area contributed by atoms with Crippen LogP contribution in [0.25, 0.3) is 0 Å². The molecule has 2 fully saturated rings. The van der Waals surface area contributed by atoms with Gasteiger partial charge in [-0.1, -0.05) is 54.6 Å². The zero-order chi connectivity index (χ0) is 22.3. The van der Waals surface area contributed by atoms with Crippen LogP contribution in [0.1, 0.15) is 30.0 Å². The van der Waals surface area contributed by atoms with E-state index in [-0.39, 0.29) is 23.8 Å². The van der Waals surface area contributed by atoms with E-state index in [9.17, 15) is 9.59 Å². The van der Waals surface area contributed by atoms with E-state index < -0.39 is 0 Å². The van der Waals surface area contributed by atoms with Crippen molar-refractivity contribution in [3.8, 4) is 0 Å².